The quantitative estimate of drug-likeness (QED) is 0.167. The van der Waals surface area contributed by atoms with Gasteiger partial charge in [0.1, 0.15) is 6.61 Å². The zero-order chi connectivity index (χ0) is 24.1. The van der Waals surface area contributed by atoms with Crippen molar-refractivity contribution in [2.45, 2.75) is 37.2 Å². The highest BCUT2D eigenvalue weighted by atomic mass is 32.2. The van der Waals surface area contributed by atoms with Gasteiger partial charge in [0.25, 0.3) is 0 Å². The van der Waals surface area contributed by atoms with Crippen LogP contribution in [0.4, 0.5) is 22.0 Å². The summed E-state index contributed by atoms with van der Waals surface area (Å²) < 4.78 is 112. The largest absolute Gasteiger partial charge is 0.743 e. The van der Waals surface area contributed by atoms with E-state index in [4.69, 9.17) is 0 Å². The van der Waals surface area contributed by atoms with Crippen LogP contribution in [0.5, 0.6) is 0 Å². The lowest BCUT2D eigenvalue weighted by Gasteiger charge is -2.32. The van der Waals surface area contributed by atoms with Crippen LogP contribution in [0.25, 0.3) is 0 Å². The standard InChI is InChI=1S/C17H17F5O8S/c1-11(2)13(23)30-16(17(20,21)22,29-9-8-15(18,19)31(25,26)27)14(24)28-10-12-6-4-3-5-7-12/h3-7H,1,8-10H2,2H3,(H,25,26,27)/p-1. The third-order valence-corrected chi connectivity index (χ3v) is 4.44. The molecule has 0 N–H and O–H groups in total. The summed E-state index contributed by atoms with van der Waals surface area (Å²) in [5.74, 6) is -8.63. The van der Waals surface area contributed by atoms with Gasteiger partial charge < -0.3 is 18.8 Å². The van der Waals surface area contributed by atoms with Crippen LogP contribution in [-0.4, -0.2) is 48.7 Å². The number of hydrogen-bond donors (Lipinski definition) is 0. The number of carbonyl (C=O) groups is 2. The molecule has 0 saturated carbocycles. The minimum atomic E-state index is -6.24. The molecule has 8 nitrogen and oxygen atoms in total. The number of benzene rings is 1. The fourth-order valence-corrected chi connectivity index (χ4v) is 2.19. The zero-order valence-corrected chi connectivity index (χ0v) is 16.6. The number of alkyl halides is 5. The SMILES string of the molecule is C=C(C)C(=O)OC(OCCC(F)(F)S(=O)(=O)[O-])(C(=O)OCc1ccccc1)C(F)(F)F. The van der Waals surface area contributed by atoms with Crippen molar-refractivity contribution in [3.05, 3.63) is 48.0 Å². The minimum Gasteiger partial charge on any atom is -0.743 e. The summed E-state index contributed by atoms with van der Waals surface area (Å²) in [6.07, 6.45) is -7.91. The van der Waals surface area contributed by atoms with Gasteiger partial charge in [-0.1, -0.05) is 36.9 Å². The first-order chi connectivity index (χ1) is 14.0. The van der Waals surface area contributed by atoms with Crippen LogP contribution in [0.1, 0.15) is 18.9 Å². The van der Waals surface area contributed by atoms with Crippen LogP contribution in [0, 0.1) is 0 Å². The summed E-state index contributed by atoms with van der Waals surface area (Å²) in [5.41, 5.74) is -0.386. The van der Waals surface area contributed by atoms with Crippen molar-refractivity contribution in [1.29, 1.82) is 0 Å². The lowest BCUT2D eigenvalue weighted by molar-refractivity contribution is -0.356. The second kappa shape index (κ2) is 9.70. The van der Waals surface area contributed by atoms with Crippen molar-refractivity contribution < 1.29 is 58.7 Å². The Morgan fingerprint density at radius 1 is 1.10 bits per heavy atom. The van der Waals surface area contributed by atoms with E-state index in [1.807, 2.05) is 0 Å². The predicted molar refractivity (Wildman–Crippen MR) is 91.1 cm³/mol. The van der Waals surface area contributed by atoms with Gasteiger partial charge in [-0.3, -0.25) is 0 Å². The number of rotatable bonds is 10. The molecule has 31 heavy (non-hydrogen) atoms. The normalized spacial score (nSPS) is 14.4. The van der Waals surface area contributed by atoms with Crippen molar-refractivity contribution in [2.75, 3.05) is 6.61 Å². The lowest BCUT2D eigenvalue weighted by Crippen LogP contribution is -2.58. The molecule has 1 aromatic rings. The molecular weight excluding hydrogens is 459 g/mol. The Hall–Kier alpha value is -2.58. The summed E-state index contributed by atoms with van der Waals surface area (Å²) in [6, 6.07) is 7.27. The fraction of sp³-hybridized carbons (Fsp3) is 0.412. The Bertz CT molecular complexity index is 914. The monoisotopic (exact) mass is 475 g/mol. The second-order valence-corrected chi connectivity index (χ2v) is 7.54. The van der Waals surface area contributed by atoms with E-state index in [1.54, 1.807) is 6.07 Å². The van der Waals surface area contributed by atoms with Gasteiger partial charge in [-0.25, -0.2) is 18.0 Å². The Morgan fingerprint density at radius 3 is 2.10 bits per heavy atom. The van der Waals surface area contributed by atoms with Crippen LogP contribution >= 0.6 is 0 Å². The molecule has 0 amide bonds. The van der Waals surface area contributed by atoms with E-state index >= 15 is 0 Å². The summed E-state index contributed by atoms with van der Waals surface area (Å²) in [7, 11) is -6.24. The smallest absolute Gasteiger partial charge is 0.468 e. The molecule has 0 fully saturated rings. The summed E-state index contributed by atoms with van der Waals surface area (Å²) in [4.78, 5) is 24.0. The van der Waals surface area contributed by atoms with Crippen LogP contribution in [0.3, 0.4) is 0 Å². The van der Waals surface area contributed by atoms with Gasteiger partial charge in [0.05, 0.1) is 6.61 Å². The summed E-state index contributed by atoms with van der Waals surface area (Å²) >= 11 is 0. The minimum absolute atomic E-state index is 0.224. The maximum absolute atomic E-state index is 13.7. The molecule has 1 rings (SSSR count). The van der Waals surface area contributed by atoms with Crippen LogP contribution in [-0.2, 0) is 40.5 Å². The van der Waals surface area contributed by atoms with E-state index in [2.05, 4.69) is 20.8 Å². The molecule has 0 spiro atoms. The fourth-order valence-electron chi connectivity index (χ4n) is 1.86. The first kappa shape index (κ1) is 26.5. The third-order valence-electron chi connectivity index (χ3n) is 3.50. The third kappa shape index (κ3) is 6.70. The Kier molecular flexibility index (Phi) is 8.28. The van der Waals surface area contributed by atoms with Crippen molar-refractivity contribution in [1.82, 2.24) is 0 Å². The van der Waals surface area contributed by atoms with Crippen molar-refractivity contribution >= 4 is 22.1 Å². The van der Waals surface area contributed by atoms with E-state index in [0.29, 0.717) is 0 Å². The first-order valence-corrected chi connectivity index (χ1v) is 9.58. The van der Waals surface area contributed by atoms with Gasteiger partial charge in [-0.2, -0.15) is 22.0 Å². The molecule has 0 aliphatic carbocycles. The molecule has 0 bridgehead atoms. The number of carbonyl (C=O) groups excluding carboxylic acids is 2. The van der Waals surface area contributed by atoms with Crippen LogP contribution in [0.2, 0.25) is 0 Å². The van der Waals surface area contributed by atoms with Crippen molar-refractivity contribution in [3.63, 3.8) is 0 Å². The molecule has 0 saturated heterocycles. The number of halogens is 5. The van der Waals surface area contributed by atoms with Gasteiger partial charge in [-0.05, 0) is 12.5 Å². The highest BCUT2D eigenvalue weighted by molar-refractivity contribution is 7.86. The molecule has 14 heteroatoms. The molecule has 174 valence electrons. The average Bonchev–Trinajstić information content (AvgIpc) is 2.63. The maximum atomic E-state index is 13.7. The van der Waals surface area contributed by atoms with Crippen molar-refractivity contribution in [2.24, 2.45) is 0 Å². The van der Waals surface area contributed by atoms with Gasteiger partial charge in [0.15, 0.2) is 10.1 Å². The highest BCUT2D eigenvalue weighted by Gasteiger charge is 2.68. The molecule has 0 aliphatic heterocycles. The molecule has 1 aromatic carbocycles. The topological polar surface area (TPSA) is 119 Å². The number of ether oxygens (including phenoxy) is 3. The van der Waals surface area contributed by atoms with E-state index in [-0.39, 0.29) is 5.56 Å². The average molecular weight is 475 g/mol. The number of esters is 2. The van der Waals surface area contributed by atoms with Crippen molar-refractivity contribution in [3.8, 4) is 0 Å². The van der Waals surface area contributed by atoms with Crippen LogP contribution in [0.15, 0.2) is 42.5 Å². The lowest BCUT2D eigenvalue weighted by atomic mass is 10.2. The number of hydrogen-bond acceptors (Lipinski definition) is 8. The molecule has 1 atom stereocenters. The summed E-state index contributed by atoms with van der Waals surface area (Å²) in [6.45, 7) is 1.40. The Labute approximate surface area is 173 Å². The highest BCUT2D eigenvalue weighted by Crippen LogP contribution is 2.38. The van der Waals surface area contributed by atoms with E-state index < -0.39 is 64.5 Å². The molecule has 1 unspecified atom stereocenters. The molecule has 0 heterocycles. The second-order valence-electron chi connectivity index (χ2n) is 6.04. The van der Waals surface area contributed by atoms with Gasteiger partial charge in [-0.15, -0.1) is 0 Å². The Balaban J connectivity index is 3.22. The zero-order valence-electron chi connectivity index (χ0n) is 15.8. The molecule has 0 aromatic heterocycles. The van der Waals surface area contributed by atoms with Gasteiger partial charge >= 0.3 is 29.2 Å². The summed E-state index contributed by atoms with van der Waals surface area (Å²) in [5, 5.41) is -5.02. The Morgan fingerprint density at radius 2 is 1.65 bits per heavy atom. The van der Waals surface area contributed by atoms with E-state index in [9.17, 15) is 44.5 Å². The van der Waals surface area contributed by atoms with Gasteiger partial charge in [0, 0.05) is 12.0 Å². The molecule has 0 aliphatic rings. The van der Waals surface area contributed by atoms with E-state index in [1.165, 1.54) is 24.3 Å². The van der Waals surface area contributed by atoms with Gasteiger partial charge in [0.2, 0.25) is 0 Å². The van der Waals surface area contributed by atoms with E-state index in [0.717, 1.165) is 6.92 Å². The van der Waals surface area contributed by atoms with Crippen LogP contribution < -0.4 is 0 Å². The molecular formula is C17H16F5O8S-. The first-order valence-electron chi connectivity index (χ1n) is 8.17. The molecule has 0 radical (unpaired) electrons. The maximum Gasteiger partial charge on any atom is 0.468 e. The predicted octanol–water partition coefficient (Wildman–Crippen LogP) is 2.65.